The van der Waals surface area contributed by atoms with Gasteiger partial charge in [0.1, 0.15) is 26.9 Å². The highest BCUT2D eigenvalue weighted by atomic mass is 32.1. The Morgan fingerprint density at radius 1 is 1.25 bits per heavy atom. The first-order valence-corrected chi connectivity index (χ1v) is 9.22. The summed E-state index contributed by atoms with van der Waals surface area (Å²) in [6.07, 6.45) is 1.51. The lowest BCUT2D eigenvalue weighted by molar-refractivity contribution is 0.0531. The van der Waals surface area contributed by atoms with Crippen LogP contribution in [0.4, 0.5) is 5.82 Å². The molecule has 0 fully saturated rings. The number of esters is 1. The van der Waals surface area contributed by atoms with Gasteiger partial charge in [-0.1, -0.05) is 0 Å². The zero-order valence-electron chi connectivity index (χ0n) is 14.0. The van der Waals surface area contributed by atoms with E-state index in [0.29, 0.717) is 18.0 Å². The Bertz CT molecular complexity index is 881. The van der Waals surface area contributed by atoms with Gasteiger partial charge in [-0.25, -0.2) is 19.7 Å². The maximum absolute atomic E-state index is 12.1. The van der Waals surface area contributed by atoms with Crippen molar-refractivity contribution in [3.8, 4) is 0 Å². The Hall–Kier alpha value is -2.06. The molecule has 0 aliphatic carbocycles. The third kappa shape index (κ3) is 3.11. The Morgan fingerprint density at radius 3 is 2.71 bits per heavy atom. The standard InChI is InChI=1S/C16H18N4O2S2/c1-5-22-16(21)13-8(2)12-14(18-7-19-15(12)24-13)17-6-11-20-9(3)10(4)23-11/h7H,5-6H2,1-4H3,(H,17,18,19). The lowest BCUT2D eigenvalue weighted by Crippen LogP contribution is -2.04. The number of thiazole rings is 1. The summed E-state index contributed by atoms with van der Waals surface area (Å²) in [6.45, 7) is 8.71. The van der Waals surface area contributed by atoms with Crippen molar-refractivity contribution < 1.29 is 9.53 Å². The molecule has 0 saturated carbocycles. The van der Waals surface area contributed by atoms with E-state index in [0.717, 1.165) is 32.3 Å². The summed E-state index contributed by atoms with van der Waals surface area (Å²) in [7, 11) is 0. The SMILES string of the molecule is CCOC(=O)c1sc2ncnc(NCc3nc(C)c(C)s3)c2c1C. The Balaban J connectivity index is 1.92. The van der Waals surface area contributed by atoms with Gasteiger partial charge < -0.3 is 10.1 Å². The molecule has 0 spiro atoms. The molecule has 24 heavy (non-hydrogen) atoms. The third-order valence-electron chi connectivity index (χ3n) is 3.67. The Labute approximate surface area is 147 Å². The summed E-state index contributed by atoms with van der Waals surface area (Å²) >= 11 is 3.01. The van der Waals surface area contributed by atoms with Crippen LogP contribution in [0.2, 0.25) is 0 Å². The maximum atomic E-state index is 12.1. The van der Waals surface area contributed by atoms with Crippen LogP contribution in [-0.4, -0.2) is 27.5 Å². The topological polar surface area (TPSA) is 77.0 Å². The lowest BCUT2D eigenvalue weighted by Gasteiger charge is -2.05. The number of thiophene rings is 1. The van der Waals surface area contributed by atoms with Gasteiger partial charge in [-0.05, 0) is 33.3 Å². The minimum atomic E-state index is -0.310. The van der Waals surface area contributed by atoms with E-state index in [2.05, 4.69) is 27.2 Å². The molecule has 0 amide bonds. The van der Waals surface area contributed by atoms with Gasteiger partial charge >= 0.3 is 5.97 Å². The molecule has 3 heterocycles. The van der Waals surface area contributed by atoms with Gasteiger partial charge in [0.25, 0.3) is 0 Å². The van der Waals surface area contributed by atoms with Crippen molar-refractivity contribution in [3.63, 3.8) is 0 Å². The molecular formula is C16H18N4O2S2. The average molecular weight is 362 g/mol. The molecule has 6 nitrogen and oxygen atoms in total. The number of hydrogen-bond donors (Lipinski definition) is 1. The van der Waals surface area contributed by atoms with Crippen LogP contribution in [0.1, 0.15) is 37.7 Å². The van der Waals surface area contributed by atoms with Gasteiger partial charge in [-0.2, -0.15) is 0 Å². The van der Waals surface area contributed by atoms with Crippen molar-refractivity contribution in [1.29, 1.82) is 0 Å². The first kappa shape index (κ1) is 16.8. The molecule has 3 rings (SSSR count). The Kier molecular flexibility index (Phi) is 4.77. The smallest absolute Gasteiger partial charge is 0.348 e. The molecule has 8 heteroatoms. The van der Waals surface area contributed by atoms with E-state index in [1.54, 1.807) is 18.3 Å². The highest BCUT2D eigenvalue weighted by Gasteiger charge is 2.20. The number of nitrogens with one attached hydrogen (secondary N) is 1. The van der Waals surface area contributed by atoms with Crippen LogP contribution >= 0.6 is 22.7 Å². The largest absolute Gasteiger partial charge is 0.462 e. The first-order chi connectivity index (χ1) is 11.5. The van der Waals surface area contributed by atoms with Crippen LogP contribution in [0.3, 0.4) is 0 Å². The molecule has 3 aromatic heterocycles. The van der Waals surface area contributed by atoms with Crippen LogP contribution in [0.5, 0.6) is 0 Å². The Morgan fingerprint density at radius 2 is 2.04 bits per heavy atom. The van der Waals surface area contributed by atoms with Crippen LogP contribution < -0.4 is 5.32 Å². The van der Waals surface area contributed by atoms with Crippen molar-refractivity contribution in [2.75, 3.05) is 11.9 Å². The zero-order chi connectivity index (χ0) is 17.3. The van der Waals surface area contributed by atoms with Crippen molar-refractivity contribution in [2.24, 2.45) is 0 Å². The van der Waals surface area contributed by atoms with Crippen molar-refractivity contribution >= 4 is 44.7 Å². The quantitative estimate of drug-likeness (QED) is 0.695. The highest BCUT2D eigenvalue weighted by Crippen LogP contribution is 2.34. The van der Waals surface area contributed by atoms with E-state index < -0.39 is 0 Å². The monoisotopic (exact) mass is 362 g/mol. The second-order valence-corrected chi connectivity index (χ2v) is 7.57. The van der Waals surface area contributed by atoms with E-state index in [4.69, 9.17) is 4.74 Å². The number of fused-ring (bicyclic) bond motifs is 1. The minimum absolute atomic E-state index is 0.310. The van der Waals surface area contributed by atoms with Gasteiger partial charge in [-0.3, -0.25) is 0 Å². The number of nitrogens with zero attached hydrogens (tertiary/aromatic N) is 3. The van der Waals surface area contributed by atoms with Crippen LogP contribution in [0.15, 0.2) is 6.33 Å². The fourth-order valence-corrected chi connectivity index (χ4v) is 4.29. The number of ether oxygens (including phenoxy) is 1. The van der Waals surface area contributed by atoms with Gasteiger partial charge in [0.15, 0.2) is 0 Å². The van der Waals surface area contributed by atoms with Crippen molar-refractivity contribution in [2.45, 2.75) is 34.2 Å². The summed E-state index contributed by atoms with van der Waals surface area (Å²) in [6, 6.07) is 0. The first-order valence-electron chi connectivity index (χ1n) is 7.59. The number of anilines is 1. The molecule has 0 unspecified atom stereocenters. The summed E-state index contributed by atoms with van der Waals surface area (Å²) in [5.74, 6) is 0.407. The predicted molar refractivity (Wildman–Crippen MR) is 97.0 cm³/mol. The fraction of sp³-hybridized carbons (Fsp3) is 0.375. The second-order valence-electron chi connectivity index (χ2n) is 5.28. The normalized spacial score (nSPS) is 11.0. The third-order valence-corrected chi connectivity index (χ3v) is 5.92. The molecule has 0 aliphatic rings. The number of carbonyl (C=O) groups excluding carboxylic acids is 1. The molecule has 0 atom stereocenters. The number of rotatable bonds is 5. The van der Waals surface area contributed by atoms with Crippen molar-refractivity contribution in [1.82, 2.24) is 15.0 Å². The average Bonchev–Trinajstić information content (AvgIpc) is 3.06. The van der Waals surface area contributed by atoms with E-state index in [9.17, 15) is 4.79 Å². The molecular weight excluding hydrogens is 344 g/mol. The van der Waals surface area contributed by atoms with Gasteiger partial charge in [0.05, 0.1) is 24.2 Å². The summed E-state index contributed by atoms with van der Waals surface area (Å²) in [4.78, 5) is 27.8. The molecule has 126 valence electrons. The summed E-state index contributed by atoms with van der Waals surface area (Å²) in [5, 5.41) is 5.20. The fourth-order valence-electron chi connectivity index (χ4n) is 2.37. The summed E-state index contributed by atoms with van der Waals surface area (Å²) < 4.78 is 5.12. The van der Waals surface area contributed by atoms with Gasteiger partial charge in [-0.15, -0.1) is 22.7 Å². The number of aromatic nitrogens is 3. The van der Waals surface area contributed by atoms with E-state index in [-0.39, 0.29) is 5.97 Å². The lowest BCUT2D eigenvalue weighted by atomic mass is 10.2. The number of carbonyl (C=O) groups is 1. The molecule has 0 radical (unpaired) electrons. The molecule has 0 aromatic carbocycles. The van der Waals surface area contributed by atoms with E-state index in [1.807, 2.05) is 13.8 Å². The second kappa shape index (κ2) is 6.82. The number of aryl methyl sites for hydroxylation is 3. The maximum Gasteiger partial charge on any atom is 0.348 e. The molecule has 0 aliphatic heterocycles. The molecule has 0 bridgehead atoms. The zero-order valence-corrected chi connectivity index (χ0v) is 15.6. The highest BCUT2D eigenvalue weighted by molar-refractivity contribution is 7.20. The van der Waals surface area contributed by atoms with Gasteiger partial charge in [0, 0.05) is 4.88 Å². The summed E-state index contributed by atoms with van der Waals surface area (Å²) in [5.41, 5.74) is 1.91. The molecule has 3 aromatic rings. The van der Waals surface area contributed by atoms with Crippen molar-refractivity contribution in [3.05, 3.63) is 32.3 Å². The van der Waals surface area contributed by atoms with Crippen LogP contribution in [0.25, 0.3) is 10.2 Å². The number of hydrogen-bond acceptors (Lipinski definition) is 8. The van der Waals surface area contributed by atoms with E-state index >= 15 is 0 Å². The molecule has 1 N–H and O–H groups in total. The van der Waals surface area contributed by atoms with E-state index in [1.165, 1.54) is 22.5 Å². The predicted octanol–water partition coefficient (Wildman–Crippen LogP) is 3.86. The minimum Gasteiger partial charge on any atom is -0.462 e. The van der Waals surface area contributed by atoms with Crippen LogP contribution in [0, 0.1) is 20.8 Å². The van der Waals surface area contributed by atoms with Crippen LogP contribution in [-0.2, 0) is 11.3 Å². The van der Waals surface area contributed by atoms with Gasteiger partial charge in [0.2, 0.25) is 0 Å². The molecule has 0 saturated heterocycles.